The van der Waals surface area contributed by atoms with Gasteiger partial charge >= 0.3 is 11.9 Å². The molecule has 3 saturated heterocycles. The second-order valence-corrected chi connectivity index (χ2v) is 9.74. The zero-order chi connectivity index (χ0) is 18.7. The number of β-amino-alcohol motifs (C(OH)–C–C–N with tert-alkyl or cyclic N) is 1. The lowest BCUT2D eigenvalue weighted by atomic mass is 9.92. The zero-order valence-corrected chi connectivity index (χ0v) is 14.5. The summed E-state index contributed by atoms with van der Waals surface area (Å²) in [5, 5.41) is 20.2. The molecule has 0 aromatic carbocycles. The number of aliphatic carboxylic acids is 1. The number of carbonyl (C=O) groups is 3. The summed E-state index contributed by atoms with van der Waals surface area (Å²) in [6, 6.07) is -2.17. The van der Waals surface area contributed by atoms with Gasteiger partial charge in [0.1, 0.15) is 24.6 Å². The van der Waals surface area contributed by atoms with Gasteiger partial charge in [-0.25, -0.2) is 13.2 Å². The molecule has 11 heteroatoms. The molecule has 3 aliphatic rings. The molecule has 10 nitrogen and oxygen atoms in total. The van der Waals surface area contributed by atoms with Gasteiger partial charge in [-0.3, -0.25) is 9.59 Å². The molecule has 140 valence electrons. The number of aliphatic hydroxyl groups is 1. The van der Waals surface area contributed by atoms with Crippen LogP contribution in [0.5, 0.6) is 0 Å². The second kappa shape index (κ2) is 5.64. The Bertz CT molecular complexity index is 733. The van der Waals surface area contributed by atoms with Crippen LogP contribution in [0.1, 0.15) is 20.3 Å². The smallest absolute Gasteiger partial charge is 0.328 e. The van der Waals surface area contributed by atoms with Crippen LogP contribution < -0.4 is 5.32 Å². The molecular formula is C14H20N2O8S. The number of esters is 1. The molecule has 0 aromatic heterocycles. The van der Waals surface area contributed by atoms with Crippen molar-refractivity contribution in [3.63, 3.8) is 0 Å². The quantitative estimate of drug-likeness (QED) is 0.363. The number of carboxylic acid groups (broad SMARTS) is 1. The number of nitrogens with one attached hydrogen (secondary N) is 1. The Hall–Kier alpha value is -1.72. The fraction of sp³-hybridized carbons (Fsp3) is 0.786. The van der Waals surface area contributed by atoms with Crippen LogP contribution in [-0.2, 0) is 29.0 Å². The Kier molecular flexibility index (Phi) is 4.08. The number of β-lactam (4-membered cyclic amide) rings is 1. The van der Waals surface area contributed by atoms with Crippen LogP contribution in [0.3, 0.4) is 0 Å². The lowest BCUT2D eigenvalue weighted by Gasteiger charge is -2.42. The fourth-order valence-corrected chi connectivity index (χ4v) is 6.03. The number of aliphatic hydroxyl groups excluding tert-OH is 1. The van der Waals surface area contributed by atoms with E-state index in [1.54, 1.807) is 0 Å². The molecule has 3 N–H and O–H groups in total. The Morgan fingerprint density at radius 3 is 2.56 bits per heavy atom. The highest BCUT2D eigenvalue weighted by Gasteiger charge is 2.72. The first-order chi connectivity index (χ1) is 11.5. The van der Waals surface area contributed by atoms with Crippen molar-refractivity contribution in [2.75, 3.05) is 13.2 Å². The maximum Gasteiger partial charge on any atom is 0.328 e. The van der Waals surface area contributed by atoms with Gasteiger partial charge in [0.05, 0.1) is 10.9 Å². The third-order valence-corrected chi connectivity index (χ3v) is 8.09. The Morgan fingerprint density at radius 2 is 2.04 bits per heavy atom. The van der Waals surface area contributed by atoms with E-state index in [2.05, 4.69) is 5.32 Å². The van der Waals surface area contributed by atoms with E-state index in [-0.39, 0.29) is 13.0 Å². The highest BCUT2D eigenvalue weighted by atomic mass is 32.2. The molecule has 3 rings (SSSR count). The number of carboxylic acids is 1. The van der Waals surface area contributed by atoms with Crippen LogP contribution in [0, 0.1) is 5.92 Å². The van der Waals surface area contributed by atoms with Crippen LogP contribution in [0.2, 0.25) is 0 Å². The Balaban J connectivity index is 1.73. The van der Waals surface area contributed by atoms with E-state index in [1.165, 1.54) is 13.8 Å². The van der Waals surface area contributed by atoms with E-state index in [0.29, 0.717) is 0 Å². The first-order valence-corrected chi connectivity index (χ1v) is 9.41. The number of fused-ring (bicyclic) bond motifs is 1. The van der Waals surface area contributed by atoms with Gasteiger partial charge < -0.3 is 25.2 Å². The van der Waals surface area contributed by atoms with E-state index >= 15 is 0 Å². The zero-order valence-electron chi connectivity index (χ0n) is 13.7. The van der Waals surface area contributed by atoms with E-state index in [1.807, 2.05) is 0 Å². The molecule has 0 radical (unpaired) electrons. The molecule has 3 heterocycles. The van der Waals surface area contributed by atoms with Crippen LogP contribution in [-0.4, -0.2) is 82.8 Å². The third kappa shape index (κ3) is 2.44. The van der Waals surface area contributed by atoms with Crippen molar-refractivity contribution in [3.05, 3.63) is 0 Å². The third-order valence-electron chi connectivity index (χ3n) is 5.21. The van der Waals surface area contributed by atoms with Crippen molar-refractivity contribution in [1.82, 2.24) is 10.2 Å². The number of rotatable bonds is 4. The first kappa shape index (κ1) is 18.1. The molecule has 3 aliphatic heterocycles. The van der Waals surface area contributed by atoms with Crippen molar-refractivity contribution >= 4 is 27.7 Å². The topological polar surface area (TPSA) is 150 Å². The summed E-state index contributed by atoms with van der Waals surface area (Å²) >= 11 is 0. The summed E-state index contributed by atoms with van der Waals surface area (Å²) in [6.45, 7) is 2.37. The molecule has 25 heavy (non-hydrogen) atoms. The summed E-state index contributed by atoms with van der Waals surface area (Å²) in [5.41, 5.74) is 0. The molecule has 0 aromatic rings. The van der Waals surface area contributed by atoms with Crippen molar-refractivity contribution in [2.45, 2.75) is 48.6 Å². The SMILES string of the molecule is CC1(C)[C@H](C(=O)O)N2C(=O)[C@@H](COC(=O)[C@@H]3CC(O)CN3)[C@H]2S1(=O)=O. The predicted molar refractivity (Wildman–Crippen MR) is 81.9 cm³/mol. The largest absolute Gasteiger partial charge is 0.480 e. The van der Waals surface area contributed by atoms with Gasteiger partial charge in [-0.1, -0.05) is 0 Å². The van der Waals surface area contributed by atoms with Gasteiger partial charge in [0, 0.05) is 13.0 Å². The first-order valence-electron chi connectivity index (χ1n) is 7.86. The van der Waals surface area contributed by atoms with Crippen LogP contribution in [0.15, 0.2) is 0 Å². The lowest BCUT2D eigenvalue weighted by Crippen LogP contribution is -2.64. The van der Waals surface area contributed by atoms with Crippen LogP contribution in [0.25, 0.3) is 0 Å². The summed E-state index contributed by atoms with van der Waals surface area (Å²) in [6.07, 6.45) is -0.481. The summed E-state index contributed by atoms with van der Waals surface area (Å²) in [7, 11) is -3.94. The maximum absolute atomic E-state index is 12.6. The average Bonchev–Trinajstić information content (AvgIpc) is 2.98. The number of nitrogens with zero attached hydrogens (tertiary/aromatic N) is 1. The number of sulfone groups is 1. The van der Waals surface area contributed by atoms with Gasteiger partial charge in [0.2, 0.25) is 5.91 Å². The number of amides is 1. The molecular weight excluding hydrogens is 356 g/mol. The monoisotopic (exact) mass is 376 g/mol. The number of hydrogen-bond donors (Lipinski definition) is 3. The van der Waals surface area contributed by atoms with E-state index in [9.17, 15) is 33.0 Å². The molecule has 1 amide bonds. The van der Waals surface area contributed by atoms with Crippen LogP contribution in [0.4, 0.5) is 0 Å². The van der Waals surface area contributed by atoms with Crippen molar-refractivity contribution in [3.8, 4) is 0 Å². The Labute approximate surface area is 144 Å². The molecule has 0 spiro atoms. The molecule has 0 saturated carbocycles. The van der Waals surface area contributed by atoms with Crippen molar-refractivity contribution < 1.29 is 37.8 Å². The van der Waals surface area contributed by atoms with Gasteiger partial charge in [0.25, 0.3) is 0 Å². The summed E-state index contributed by atoms with van der Waals surface area (Å²) in [5.74, 6) is -3.82. The summed E-state index contributed by atoms with van der Waals surface area (Å²) in [4.78, 5) is 36.5. The second-order valence-electron chi connectivity index (χ2n) is 7.11. The number of hydrogen-bond acceptors (Lipinski definition) is 8. The van der Waals surface area contributed by atoms with Gasteiger partial charge in [-0.2, -0.15) is 0 Å². The Morgan fingerprint density at radius 1 is 1.40 bits per heavy atom. The van der Waals surface area contributed by atoms with Crippen molar-refractivity contribution in [1.29, 1.82) is 0 Å². The average molecular weight is 376 g/mol. The molecule has 0 aliphatic carbocycles. The molecule has 3 fully saturated rings. The molecule has 0 bridgehead atoms. The minimum atomic E-state index is -3.94. The van der Waals surface area contributed by atoms with Crippen LogP contribution >= 0.6 is 0 Å². The predicted octanol–water partition coefficient (Wildman–Crippen LogP) is -2.30. The fourth-order valence-electron chi connectivity index (χ4n) is 3.73. The normalized spacial score (nSPS) is 38.1. The van der Waals surface area contributed by atoms with E-state index in [4.69, 9.17) is 4.74 Å². The minimum Gasteiger partial charge on any atom is -0.480 e. The molecule has 5 atom stereocenters. The number of ether oxygens (including phenoxy) is 1. The lowest BCUT2D eigenvalue weighted by molar-refractivity contribution is -0.169. The van der Waals surface area contributed by atoms with Crippen molar-refractivity contribution in [2.24, 2.45) is 5.92 Å². The standard InChI is InChI=1S/C14H20N2O8S/c1-14(2)9(12(19)20)16-10(18)7(11(16)25(14,22)23)5-24-13(21)8-3-6(17)4-15-8/h6-9,11,15,17H,3-5H2,1-2H3,(H,19,20)/t6?,7-,8+,9+,11-/m1/s1. The minimum absolute atomic E-state index is 0.180. The number of carbonyl (C=O) groups excluding carboxylic acids is 2. The van der Waals surface area contributed by atoms with Gasteiger partial charge in [-0.05, 0) is 13.8 Å². The van der Waals surface area contributed by atoms with E-state index in [0.717, 1.165) is 4.90 Å². The van der Waals surface area contributed by atoms with Gasteiger partial charge in [0.15, 0.2) is 15.2 Å². The summed E-state index contributed by atoms with van der Waals surface area (Å²) < 4.78 is 28.7. The molecule has 1 unspecified atom stereocenters. The maximum atomic E-state index is 12.6. The van der Waals surface area contributed by atoms with Gasteiger partial charge in [-0.15, -0.1) is 0 Å². The highest BCUT2D eigenvalue weighted by molar-refractivity contribution is 7.93. The highest BCUT2D eigenvalue weighted by Crippen LogP contribution is 2.48. The van der Waals surface area contributed by atoms with E-state index < -0.39 is 68.5 Å².